The highest BCUT2D eigenvalue weighted by Crippen LogP contribution is 2.65. The standard InChI is InChI=1S/C19H19NO2/c1-9-4-3-5-15(10(9)2)20-18(21)16-11-6-7-12(14-8-13(11)14)17(16)19(20)22/h3-7,11-14,16-17H,8H2,1-2H3/t11-,12-,13-,14-,16+,17+/m1/s1. The zero-order valence-electron chi connectivity index (χ0n) is 12.8. The van der Waals surface area contributed by atoms with E-state index in [1.165, 1.54) is 11.3 Å². The second-order valence-electron chi connectivity index (χ2n) is 7.39. The molecule has 0 radical (unpaired) electrons. The summed E-state index contributed by atoms with van der Waals surface area (Å²) in [4.78, 5) is 27.6. The first-order valence-corrected chi connectivity index (χ1v) is 8.22. The molecule has 0 N–H and O–H groups in total. The van der Waals surface area contributed by atoms with Crippen LogP contribution in [0.5, 0.6) is 0 Å². The van der Waals surface area contributed by atoms with Gasteiger partial charge in [-0.2, -0.15) is 0 Å². The minimum atomic E-state index is -0.105. The lowest BCUT2D eigenvalue weighted by atomic mass is 9.63. The van der Waals surface area contributed by atoms with Crippen LogP contribution in [0.4, 0.5) is 5.69 Å². The zero-order valence-corrected chi connectivity index (χ0v) is 12.8. The molecule has 0 aromatic heterocycles. The Morgan fingerprint density at radius 2 is 1.55 bits per heavy atom. The van der Waals surface area contributed by atoms with E-state index in [1.54, 1.807) is 0 Å². The van der Waals surface area contributed by atoms with Crippen molar-refractivity contribution in [3.8, 4) is 0 Å². The summed E-state index contributed by atoms with van der Waals surface area (Å²) in [7, 11) is 0. The average Bonchev–Trinajstić information content (AvgIpc) is 3.28. The number of hydrogen-bond acceptors (Lipinski definition) is 2. The maximum absolute atomic E-state index is 13.0. The minimum absolute atomic E-state index is 0.0356. The second-order valence-corrected chi connectivity index (χ2v) is 7.39. The Morgan fingerprint density at radius 1 is 0.955 bits per heavy atom. The molecule has 2 bridgehead atoms. The molecule has 112 valence electrons. The molecule has 0 spiro atoms. The van der Waals surface area contributed by atoms with Crippen LogP contribution >= 0.6 is 0 Å². The summed E-state index contributed by atoms with van der Waals surface area (Å²) < 4.78 is 0. The third-order valence-corrected chi connectivity index (χ3v) is 6.48. The maximum Gasteiger partial charge on any atom is 0.238 e. The number of anilines is 1. The van der Waals surface area contributed by atoms with Crippen molar-refractivity contribution in [1.82, 2.24) is 0 Å². The van der Waals surface area contributed by atoms with Crippen molar-refractivity contribution in [3.63, 3.8) is 0 Å². The molecule has 1 aromatic carbocycles. The summed E-state index contributed by atoms with van der Waals surface area (Å²) in [5.74, 6) is 1.77. The molecule has 3 heteroatoms. The Labute approximate surface area is 130 Å². The maximum atomic E-state index is 13.0. The van der Waals surface area contributed by atoms with Gasteiger partial charge in [0.05, 0.1) is 17.5 Å². The minimum Gasteiger partial charge on any atom is -0.274 e. The van der Waals surface area contributed by atoms with Crippen molar-refractivity contribution < 1.29 is 9.59 Å². The van der Waals surface area contributed by atoms with Gasteiger partial charge in [0.2, 0.25) is 11.8 Å². The fourth-order valence-corrected chi connectivity index (χ4v) is 5.17. The number of carbonyl (C=O) groups is 2. The summed E-state index contributed by atoms with van der Waals surface area (Å²) in [6, 6.07) is 5.87. The van der Waals surface area contributed by atoms with E-state index in [0.29, 0.717) is 23.7 Å². The normalized spacial score (nSPS) is 40.9. The number of rotatable bonds is 1. The van der Waals surface area contributed by atoms with Crippen LogP contribution in [-0.4, -0.2) is 11.8 Å². The highest BCUT2D eigenvalue weighted by atomic mass is 16.2. The van der Waals surface area contributed by atoms with Gasteiger partial charge in [0, 0.05) is 0 Å². The molecule has 3 fully saturated rings. The van der Waals surface area contributed by atoms with E-state index in [0.717, 1.165) is 16.8 Å². The average molecular weight is 293 g/mol. The number of benzene rings is 1. The second kappa shape index (κ2) is 3.89. The Morgan fingerprint density at radius 3 is 2.14 bits per heavy atom. The van der Waals surface area contributed by atoms with Gasteiger partial charge in [0.1, 0.15) is 0 Å². The number of imide groups is 1. The van der Waals surface area contributed by atoms with Gasteiger partial charge in [0.15, 0.2) is 0 Å². The van der Waals surface area contributed by atoms with Crippen LogP contribution < -0.4 is 4.90 Å². The molecule has 1 aliphatic heterocycles. The predicted molar refractivity (Wildman–Crippen MR) is 83.1 cm³/mol. The van der Waals surface area contributed by atoms with Gasteiger partial charge < -0.3 is 0 Å². The van der Waals surface area contributed by atoms with Crippen molar-refractivity contribution in [3.05, 3.63) is 41.5 Å². The fourth-order valence-electron chi connectivity index (χ4n) is 5.17. The lowest BCUT2D eigenvalue weighted by Crippen LogP contribution is -2.40. The highest BCUT2D eigenvalue weighted by molar-refractivity contribution is 6.23. The van der Waals surface area contributed by atoms with Crippen LogP contribution in [0.3, 0.4) is 0 Å². The van der Waals surface area contributed by atoms with Crippen molar-refractivity contribution in [2.45, 2.75) is 20.3 Å². The first-order chi connectivity index (χ1) is 10.6. The van der Waals surface area contributed by atoms with Crippen molar-refractivity contribution in [2.24, 2.45) is 35.5 Å². The predicted octanol–water partition coefficient (Wildman–Crippen LogP) is 2.86. The van der Waals surface area contributed by atoms with Gasteiger partial charge in [-0.25, -0.2) is 4.90 Å². The molecule has 6 rings (SSSR count). The van der Waals surface area contributed by atoms with Gasteiger partial charge in [-0.05, 0) is 61.1 Å². The van der Waals surface area contributed by atoms with E-state index in [9.17, 15) is 9.59 Å². The number of hydrogen-bond donors (Lipinski definition) is 0. The van der Waals surface area contributed by atoms with Crippen LogP contribution in [-0.2, 0) is 9.59 Å². The smallest absolute Gasteiger partial charge is 0.238 e. The van der Waals surface area contributed by atoms with E-state index < -0.39 is 0 Å². The van der Waals surface area contributed by atoms with Crippen LogP contribution in [0.25, 0.3) is 0 Å². The Bertz CT molecular complexity index is 714. The first-order valence-electron chi connectivity index (χ1n) is 8.22. The summed E-state index contributed by atoms with van der Waals surface area (Å²) >= 11 is 0. The molecule has 6 atom stereocenters. The molecule has 2 amide bonds. The van der Waals surface area contributed by atoms with Crippen LogP contribution in [0.15, 0.2) is 30.4 Å². The van der Waals surface area contributed by atoms with Crippen molar-refractivity contribution in [1.29, 1.82) is 0 Å². The van der Waals surface area contributed by atoms with E-state index >= 15 is 0 Å². The van der Waals surface area contributed by atoms with Gasteiger partial charge in [-0.15, -0.1) is 0 Å². The molecule has 1 aromatic rings. The van der Waals surface area contributed by atoms with Crippen LogP contribution in [0.1, 0.15) is 17.5 Å². The SMILES string of the molecule is Cc1cccc(N2C(=O)[C@H]3[C@@H]4C=C[C@H]([C@H]5C[C@H]45)[C@@H]3C2=O)c1C. The monoisotopic (exact) mass is 293 g/mol. The lowest BCUT2D eigenvalue weighted by molar-refractivity contribution is -0.124. The Hall–Kier alpha value is -1.90. The van der Waals surface area contributed by atoms with E-state index in [1.807, 2.05) is 32.0 Å². The van der Waals surface area contributed by atoms with Gasteiger partial charge >= 0.3 is 0 Å². The Kier molecular flexibility index (Phi) is 2.23. The molecule has 0 unspecified atom stereocenters. The Balaban J connectivity index is 1.62. The third kappa shape index (κ3) is 1.33. The molecular weight excluding hydrogens is 274 g/mol. The highest BCUT2D eigenvalue weighted by Gasteiger charge is 2.67. The molecule has 1 heterocycles. The van der Waals surface area contributed by atoms with Gasteiger partial charge in [-0.1, -0.05) is 24.3 Å². The van der Waals surface area contributed by atoms with Crippen LogP contribution in [0.2, 0.25) is 0 Å². The molecule has 5 aliphatic rings. The molecule has 4 aliphatic carbocycles. The van der Waals surface area contributed by atoms with Crippen LogP contribution in [0, 0.1) is 49.4 Å². The number of aryl methyl sites for hydroxylation is 1. The summed E-state index contributed by atoms with van der Waals surface area (Å²) in [6.07, 6.45) is 5.65. The molecule has 3 nitrogen and oxygen atoms in total. The lowest BCUT2D eigenvalue weighted by Gasteiger charge is -2.37. The zero-order chi connectivity index (χ0) is 15.2. The van der Waals surface area contributed by atoms with Gasteiger partial charge in [0.25, 0.3) is 0 Å². The summed E-state index contributed by atoms with van der Waals surface area (Å²) in [5, 5.41) is 0. The summed E-state index contributed by atoms with van der Waals surface area (Å²) in [5.41, 5.74) is 2.95. The molecule has 1 saturated heterocycles. The van der Waals surface area contributed by atoms with Crippen molar-refractivity contribution >= 4 is 17.5 Å². The molecule has 2 saturated carbocycles. The molecular formula is C19H19NO2. The topological polar surface area (TPSA) is 37.4 Å². The number of carbonyl (C=O) groups excluding carboxylic acids is 2. The number of amides is 2. The van der Waals surface area contributed by atoms with E-state index in [4.69, 9.17) is 0 Å². The fraction of sp³-hybridized carbons (Fsp3) is 0.474. The van der Waals surface area contributed by atoms with E-state index in [2.05, 4.69) is 12.2 Å². The molecule has 22 heavy (non-hydrogen) atoms. The summed E-state index contributed by atoms with van der Waals surface area (Å²) in [6.45, 7) is 4.02. The van der Waals surface area contributed by atoms with Crippen molar-refractivity contribution in [2.75, 3.05) is 4.90 Å². The number of nitrogens with zero attached hydrogens (tertiary/aromatic N) is 1. The first kappa shape index (κ1) is 12.6. The van der Waals surface area contributed by atoms with Gasteiger partial charge in [-0.3, -0.25) is 9.59 Å². The number of allylic oxidation sites excluding steroid dienone is 2. The third-order valence-electron chi connectivity index (χ3n) is 6.48. The quantitative estimate of drug-likeness (QED) is 0.590. The van der Waals surface area contributed by atoms with E-state index in [-0.39, 0.29) is 23.7 Å². The largest absolute Gasteiger partial charge is 0.274 e.